The maximum Gasteiger partial charge on any atom is 0.277 e. The minimum Gasteiger partial charge on any atom is -0.378 e. The highest BCUT2D eigenvalue weighted by Gasteiger charge is 2.30. The van der Waals surface area contributed by atoms with Gasteiger partial charge in [-0.3, -0.25) is 9.69 Å². The zero-order valence-corrected chi connectivity index (χ0v) is 12.7. The van der Waals surface area contributed by atoms with Crippen molar-refractivity contribution in [1.29, 1.82) is 0 Å². The second-order valence-corrected chi connectivity index (χ2v) is 5.81. The zero-order valence-electron chi connectivity index (χ0n) is 12.7. The molecule has 0 spiro atoms. The van der Waals surface area contributed by atoms with Gasteiger partial charge in [0.25, 0.3) is 5.91 Å². The van der Waals surface area contributed by atoms with Crippen molar-refractivity contribution in [2.24, 2.45) is 4.99 Å². The first-order valence-electron chi connectivity index (χ1n) is 7.54. The summed E-state index contributed by atoms with van der Waals surface area (Å²) in [6.07, 6.45) is 6.21. The lowest BCUT2D eigenvalue weighted by Gasteiger charge is -2.14. The number of benzene rings is 1. The summed E-state index contributed by atoms with van der Waals surface area (Å²) < 4.78 is 0. The average molecular weight is 283 g/mol. The molecule has 1 aromatic rings. The van der Waals surface area contributed by atoms with Crippen LogP contribution in [0.15, 0.2) is 35.0 Å². The van der Waals surface area contributed by atoms with E-state index >= 15 is 0 Å². The van der Waals surface area contributed by atoms with Crippen LogP contribution < -0.4 is 4.90 Å². The molecule has 0 atom stereocenters. The van der Waals surface area contributed by atoms with Crippen LogP contribution >= 0.6 is 0 Å². The van der Waals surface area contributed by atoms with Crippen molar-refractivity contribution >= 4 is 23.5 Å². The van der Waals surface area contributed by atoms with E-state index in [0.717, 1.165) is 42.9 Å². The summed E-state index contributed by atoms with van der Waals surface area (Å²) in [5, 5.41) is 0. The van der Waals surface area contributed by atoms with Gasteiger partial charge in [0.05, 0.1) is 0 Å². The van der Waals surface area contributed by atoms with Crippen molar-refractivity contribution in [3.63, 3.8) is 0 Å². The van der Waals surface area contributed by atoms with Gasteiger partial charge in [0.15, 0.2) is 0 Å². The molecule has 0 aliphatic carbocycles. The third-order valence-corrected chi connectivity index (χ3v) is 4.02. The third kappa shape index (κ3) is 2.84. The summed E-state index contributed by atoms with van der Waals surface area (Å²) in [7, 11) is 4.03. The van der Waals surface area contributed by atoms with Crippen LogP contribution in [0.2, 0.25) is 0 Å². The normalized spacial score (nSPS) is 20.3. The van der Waals surface area contributed by atoms with Crippen LogP contribution in [-0.4, -0.2) is 37.3 Å². The average Bonchev–Trinajstić information content (AvgIpc) is 2.66. The summed E-state index contributed by atoms with van der Waals surface area (Å²) in [5.74, 6) is 1.01. The second kappa shape index (κ2) is 5.72. The molecule has 0 saturated carbocycles. The van der Waals surface area contributed by atoms with E-state index in [1.54, 1.807) is 0 Å². The van der Waals surface area contributed by atoms with Crippen molar-refractivity contribution < 1.29 is 4.79 Å². The highest BCUT2D eigenvalue weighted by molar-refractivity contribution is 6.14. The molecule has 4 nitrogen and oxygen atoms in total. The molecule has 1 saturated heterocycles. The molecular weight excluding hydrogens is 262 g/mol. The fraction of sp³-hybridized carbons (Fsp3) is 0.412. The van der Waals surface area contributed by atoms with Crippen LogP contribution in [0.1, 0.15) is 31.2 Å². The maximum absolute atomic E-state index is 12.4. The number of carbonyl (C=O) groups is 1. The molecule has 3 rings (SSSR count). The van der Waals surface area contributed by atoms with E-state index < -0.39 is 0 Å². The largest absolute Gasteiger partial charge is 0.378 e. The van der Waals surface area contributed by atoms with Crippen molar-refractivity contribution in [2.75, 3.05) is 25.5 Å². The second-order valence-electron chi connectivity index (χ2n) is 5.81. The minimum atomic E-state index is 0.0589. The van der Waals surface area contributed by atoms with E-state index in [4.69, 9.17) is 0 Å². The fourth-order valence-electron chi connectivity index (χ4n) is 2.77. The van der Waals surface area contributed by atoms with Crippen LogP contribution in [0.25, 0.3) is 6.08 Å². The lowest BCUT2D eigenvalue weighted by Crippen LogP contribution is -2.31. The highest BCUT2D eigenvalue weighted by atomic mass is 16.2. The summed E-state index contributed by atoms with van der Waals surface area (Å²) >= 11 is 0. The Labute approximate surface area is 125 Å². The monoisotopic (exact) mass is 283 g/mol. The molecule has 1 amide bonds. The van der Waals surface area contributed by atoms with Gasteiger partial charge >= 0.3 is 0 Å². The van der Waals surface area contributed by atoms with E-state index in [-0.39, 0.29) is 5.91 Å². The van der Waals surface area contributed by atoms with Gasteiger partial charge in [0, 0.05) is 32.7 Å². The molecule has 0 bridgehead atoms. The predicted molar refractivity (Wildman–Crippen MR) is 86.4 cm³/mol. The van der Waals surface area contributed by atoms with Gasteiger partial charge in [-0.15, -0.1) is 0 Å². The van der Waals surface area contributed by atoms with E-state index in [1.165, 1.54) is 6.42 Å². The van der Waals surface area contributed by atoms with Gasteiger partial charge in [-0.25, -0.2) is 4.99 Å². The van der Waals surface area contributed by atoms with Gasteiger partial charge in [0.1, 0.15) is 11.5 Å². The number of anilines is 1. The Morgan fingerprint density at radius 2 is 1.90 bits per heavy atom. The Morgan fingerprint density at radius 3 is 2.62 bits per heavy atom. The van der Waals surface area contributed by atoms with Gasteiger partial charge in [-0.1, -0.05) is 18.6 Å². The summed E-state index contributed by atoms with van der Waals surface area (Å²) in [5.41, 5.74) is 2.74. The molecule has 2 aliphatic rings. The topological polar surface area (TPSA) is 35.9 Å². The molecule has 0 aromatic heterocycles. The van der Waals surface area contributed by atoms with E-state index in [0.29, 0.717) is 5.70 Å². The first kappa shape index (κ1) is 13.9. The maximum atomic E-state index is 12.4. The Balaban J connectivity index is 1.84. The molecule has 1 fully saturated rings. The summed E-state index contributed by atoms with van der Waals surface area (Å²) in [4.78, 5) is 20.9. The predicted octanol–water partition coefficient (Wildman–Crippen LogP) is 2.91. The zero-order chi connectivity index (χ0) is 14.8. The summed E-state index contributed by atoms with van der Waals surface area (Å²) in [6.45, 7) is 0.814. The van der Waals surface area contributed by atoms with Gasteiger partial charge in [-0.2, -0.15) is 0 Å². The smallest absolute Gasteiger partial charge is 0.277 e. The van der Waals surface area contributed by atoms with Crippen LogP contribution in [0, 0.1) is 0 Å². The minimum absolute atomic E-state index is 0.0589. The quantitative estimate of drug-likeness (QED) is 0.782. The number of amidine groups is 1. The van der Waals surface area contributed by atoms with Crippen molar-refractivity contribution in [2.45, 2.75) is 25.7 Å². The first-order chi connectivity index (χ1) is 10.1. The molecule has 0 radical (unpaired) electrons. The third-order valence-electron chi connectivity index (χ3n) is 4.02. The lowest BCUT2D eigenvalue weighted by atomic mass is 10.1. The fourth-order valence-corrected chi connectivity index (χ4v) is 2.77. The number of hydrogen-bond acceptors (Lipinski definition) is 3. The summed E-state index contributed by atoms with van der Waals surface area (Å²) in [6, 6.07) is 8.16. The number of aliphatic imine (C=N–C) groups is 1. The van der Waals surface area contributed by atoms with E-state index in [9.17, 15) is 4.79 Å². The Hall–Kier alpha value is -2.10. The Bertz CT molecular complexity index is 599. The molecular formula is C17H21N3O. The van der Waals surface area contributed by atoms with Crippen LogP contribution in [0.4, 0.5) is 5.69 Å². The van der Waals surface area contributed by atoms with Gasteiger partial charge in [-0.05, 0) is 36.6 Å². The Morgan fingerprint density at radius 1 is 1.14 bits per heavy atom. The van der Waals surface area contributed by atoms with Crippen molar-refractivity contribution in [3.05, 3.63) is 35.5 Å². The molecule has 2 heterocycles. The molecule has 2 aliphatic heterocycles. The highest BCUT2D eigenvalue weighted by Crippen LogP contribution is 2.24. The number of rotatable bonds is 2. The molecule has 0 N–H and O–H groups in total. The molecule has 21 heavy (non-hydrogen) atoms. The van der Waals surface area contributed by atoms with Crippen molar-refractivity contribution in [1.82, 2.24) is 4.90 Å². The standard InChI is InChI=1S/C17H21N3O/c1-19(2)14-9-7-13(8-10-14)12-15-17(21)20-11-5-3-4-6-16(20)18-15/h7-10,12H,3-6,11H2,1-2H3/b15-12+. The number of amides is 1. The van der Waals surface area contributed by atoms with Gasteiger partial charge < -0.3 is 4.90 Å². The molecule has 110 valence electrons. The molecule has 0 unspecified atom stereocenters. The molecule has 4 heteroatoms. The van der Waals surface area contributed by atoms with Crippen molar-refractivity contribution in [3.8, 4) is 0 Å². The van der Waals surface area contributed by atoms with E-state index in [1.807, 2.05) is 37.2 Å². The first-order valence-corrected chi connectivity index (χ1v) is 7.54. The SMILES string of the molecule is CN(C)c1ccc(/C=C2/N=C3CCCCCN3C2=O)cc1. The van der Waals surface area contributed by atoms with E-state index in [2.05, 4.69) is 22.0 Å². The van der Waals surface area contributed by atoms with Crippen LogP contribution in [0.5, 0.6) is 0 Å². The number of fused-ring (bicyclic) bond motifs is 1. The lowest BCUT2D eigenvalue weighted by molar-refractivity contribution is -0.122. The van der Waals surface area contributed by atoms with Gasteiger partial charge in [0.2, 0.25) is 0 Å². The van der Waals surface area contributed by atoms with Crippen LogP contribution in [-0.2, 0) is 4.79 Å². The Kier molecular flexibility index (Phi) is 3.78. The van der Waals surface area contributed by atoms with Crippen LogP contribution in [0.3, 0.4) is 0 Å². The number of hydrogen-bond donors (Lipinski definition) is 0. The number of nitrogens with zero attached hydrogens (tertiary/aromatic N) is 3. The number of carbonyl (C=O) groups excluding carboxylic acids is 1. The molecule has 1 aromatic carbocycles.